The van der Waals surface area contributed by atoms with Crippen LogP contribution in [0.4, 0.5) is 5.69 Å². The fourth-order valence-electron chi connectivity index (χ4n) is 2.77. The summed E-state index contributed by atoms with van der Waals surface area (Å²) in [5.74, 6) is -0.0715. The van der Waals surface area contributed by atoms with Crippen LogP contribution in [0.25, 0.3) is 32.7 Å². The van der Waals surface area contributed by atoms with Gasteiger partial charge in [-0.15, -0.1) is 0 Å². The van der Waals surface area contributed by atoms with E-state index >= 15 is 0 Å². The Morgan fingerprint density at radius 3 is 2.81 bits per heavy atom. The standard InChI is InChI=1S/C17H13N3O/c1-10(21)19-11-6-7-16-13(8-11)14-9-18-15-5-3-2-4-12(15)17(14)20-16/h2-9,20H,1H3,(H,19,21). The number of H-pyrrole nitrogens is 1. The number of para-hydroxylation sites is 1. The van der Waals surface area contributed by atoms with Crippen LogP contribution in [0.3, 0.4) is 0 Å². The number of benzene rings is 2. The highest BCUT2D eigenvalue weighted by Gasteiger charge is 2.09. The monoisotopic (exact) mass is 275 g/mol. The molecule has 2 aromatic heterocycles. The Morgan fingerprint density at radius 2 is 1.95 bits per heavy atom. The minimum atomic E-state index is -0.0715. The van der Waals surface area contributed by atoms with Crippen molar-refractivity contribution in [2.24, 2.45) is 0 Å². The largest absolute Gasteiger partial charge is 0.354 e. The minimum Gasteiger partial charge on any atom is -0.354 e. The number of amides is 1. The Labute approximate surface area is 120 Å². The van der Waals surface area contributed by atoms with Crippen molar-refractivity contribution in [3.05, 3.63) is 48.7 Å². The third-order valence-corrected chi connectivity index (χ3v) is 3.67. The van der Waals surface area contributed by atoms with Crippen LogP contribution < -0.4 is 5.32 Å². The van der Waals surface area contributed by atoms with E-state index in [1.165, 1.54) is 6.92 Å². The zero-order valence-electron chi connectivity index (χ0n) is 11.5. The number of carbonyl (C=O) groups excluding carboxylic acids is 1. The highest BCUT2D eigenvalue weighted by Crippen LogP contribution is 2.31. The first-order valence-corrected chi connectivity index (χ1v) is 6.79. The summed E-state index contributed by atoms with van der Waals surface area (Å²) >= 11 is 0. The summed E-state index contributed by atoms with van der Waals surface area (Å²) in [5.41, 5.74) is 3.88. The zero-order chi connectivity index (χ0) is 14.4. The Balaban J connectivity index is 2.06. The molecule has 0 saturated carbocycles. The van der Waals surface area contributed by atoms with Gasteiger partial charge in [-0.3, -0.25) is 9.78 Å². The van der Waals surface area contributed by atoms with E-state index in [0.29, 0.717) is 0 Å². The molecule has 0 radical (unpaired) electrons. The van der Waals surface area contributed by atoms with Crippen molar-refractivity contribution >= 4 is 44.3 Å². The van der Waals surface area contributed by atoms with Gasteiger partial charge in [0.1, 0.15) is 0 Å². The van der Waals surface area contributed by atoms with Crippen molar-refractivity contribution in [1.29, 1.82) is 0 Å². The van der Waals surface area contributed by atoms with Crippen molar-refractivity contribution < 1.29 is 4.79 Å². The second kappa shape index (κ2) is 4.31. The molecule has 0 aliphatic heterocycles. The normalized spacial score (nSPS) is 11.3. The molecule has 0 unspecified atom stereocenters. The maximum atomic E-state index is 11.2. The smallest absolute Gasteiger partial charge is 0.221 e. The summed E-state index contributed by atoms with van der Waals surface area (Å²) in [5, 5.41) is 6.05. The van der Waals surface area contributed by atoms with Gasteiger partial charge in [0.25, 0.3) is 0 Å². The molecule has 1 amide bonds. The molecule has 4 rings (SSSR count). The Morgan fingerprint density at radius 1 is 1.10 bits per heavy atom. The predicted molar refractivity (Wildman–Crippen MR) is 85.4 cm³/mol. The van der Waals surface area contributed by atoms with Gasteiger partial charge in [0, 0.05) is 40.5 Å². The molecular formula is C17H13N3O. The van der Waals surface area contributed by atoms with E-state index in [1.807, 2.05) is 42.6 Å². The first kappa shape index (κ1) is 11.9. The van der Waals surface area contributed by atoms with E-state index in [1.54, 1.807) is 0 Å². The van der Waals surface area contributed by atoms with E-state index in [-0.39, 0.29) is 5.91 Å². The van der Waals surface area contributed by atoms with E-state index in [0.717, 1.165) is 38.4 Å². The zero-order valence-corrected chi connectivity index (χ0v) is 11.5. The van der Waals surface area contributed by atoms with Gasteiger partial charge in [0.2, 0.25) is 5.91 Å². The second-order valence-electron chi connectivity index (χ2n) is 5.13. The number of rotatable bonds is 1. The van der Waals surface area contributed by atoms with Crippen LogP contribution in [0, 0.1) is 0 Å². The average Bonchev–Trinajstić information content (AvgIpc) is 2.85. The van der Waals surface area contributed by atoms with Crippen LogP contribution in [-0.4, -0.2) is 15.9 Å². The van der Waals surface area contributed by atoms with Gasteiger partial charge in [-0.2, -0.15) is 0 Å². The lowest BCUT2D eigenvalue weighted by molar-refractivity contribution is -0.114. The molecule has 0 atom stereocenters. The van der Waals surface area contributed by atoms with Gasteiger partial charge >= 0.3 is 0 Å². The summed E-state index contributed by atoms with van der Waals surface area (Å²) in [6.07, 6.45) is 1.88. The highest BCUT2D eigenvalue weighted by atomic mass is 16.1. The number of aromatic nitrogens is 2. The molecule has 0 fully saturated rings. The quantitative estimate of drug-likeness (QED) is 0.554. The molecular weight excluding hydrogens is 262 g/mol. The summed E-state index contributed by atoms with van der Waals surface area (Å²) < 4.78 is 0. The molecule has 0 spiro atoms. The van der Waals surface area contributed by atoms with Gasteiger partial charge in [-0.25, -0.2) is 0 Å². The van der Waals surface area contributed by atoms with Crippen molar-refractivity contribution in [2.45, 2.75) is 6.92 Å². The summed E-state index contributed by atoms with van der Waals surface area (Å²) in [6, 6.07) is 13.9. The summed E-state index contributed by atoms with van der Waals surface area (Å²) in [7, 11) is 0. The van der Waals surface area contributed by atoms with Crippen molar-refractivity contribution in [1.82, 2.24) is 9.97 Å². The van der Waals surface area contributed by atoms with E-state index in [4.69, 9.17) is 0 Å². The number of pyridine rings is 1. The van der Waals surface area contributed by atoms with E-state index in [9.17, 15) is 4.79 Å². The van der Waals surface area contributed by atoms with Gasteiger partial charge < -0.3 is 10.3 Å². The molecule has 0 aliphatic rings. The van der Waals surface area contributed by atoms with Gasteiger partial charge in [-0.1, -0.05) is 18.2 Å². The molecule has 2 heterocycles. The maximum Gasteiger partial charge on any atom is 0.221 e. The third-order valence-electron chi connectivity index (χ3n) is 3.67. The van der Waals surface area contributed by atoms with Crippen molar-refractivity contribution in [3.63, 3.8) is 0 Å². The Kier molecular flexibility index (Phi) is 2.44. The lowest BCUT2D eigenvalue weighted by atomic mass is 10.1. The second-order valence-corrected chi connectivity index (χ2v) is 5.13. The lowest BCUT2D eigenvalue weighted by Gasteiger charge is -2.01. The van der Waals surface area contributed by atoms with Gasteiger partial charge in [0.15, 0.2) is 0 Å². The fraction of sp³-hybridized carbons (Fsp3) is 0.0588. The molecule has 4 aromatic rings. The lowest BCUT2D eigenvalue weighted by Crippen LogP contribution is -2.05. The Bertz CT molecular complexity index is 1000. The molecule has 0 aliphatic carbocycles. The predicted octanol–water partition coefficient (Wildman–Crippen LogP) is 3.83. The number of nitrogens with zero attached hydrogens (tertiary/aromatic N) is 1. The first-order valence-electron chi connectivity index (χ1n) is 6.79. The molecule has 2 aromatic carbocycles. The molecule has 102 valence electrons. The number of nitrogens with one attached hydrogen (secondary N) is 2. The fourth-order valence-corrected chi connectivity index (χ4v) is 2.77. The maximum absolute atomic E-state index is 11.2. The van der Waals surface area contributed by atoms with Crippen LogP contribution in [0.15, 0.2) is 48.7 Å². The molecule has 0 saturated heterocycles. The van der Waals surface area contributed by atoms with Gasteiger partial charge in [0.05, 0.1) is 11.0 Å². The van der Waals surface area contributed by atoms with Crippen molar-refractivity contribution in [2.75, 3.05) is 5.32 Å². The number of anilines is 1. The Hall–Kier alpha value is -2.88. The van der Waals surface area contributed by atoms with E-state index in [2.05, 4.69) is 21.4 Å². The van der Waals surface area contributed by atoms with Crippen LogP contribution in [0.1, 0.15) is 6.92 Å². The summed E-state index contributed by atoms with van der Waals surface area (Å²) in [6.45, 7) is 1.51. The molecule has 4 nitrogen and oxygen atoms in total. The topological polar surface area (TPSA) is 57.8 Å². The average molecular weight is 275 g/mol. The third kappa shape index (κ3) is 1.84. The van der Waals surface area contributed by atoms with Crippen molar-refractivity contribution in [3.8, 4) is 0 Å². The van der Waals surface area contributed by atoms with E-state index < -0.39 is 0 Å². The van der Waals surface area contributed by atoms with Crippen LogP contribution in [-0.2, 0) is 4.79 Å². The van der Waals surface area contributed by atoms with Crippen LogP contribution in [0.5, 0.6) is 0 Å². The number of carbonyl (C=O) groups is 1. The van der Waals surface area contributed by atoms with Crippen LogP contribution >= 0.6 is 0 Å². The first-order chi connectivity index (χ1) is 10.2. The molecule has 21 heavy (non-hydrogen) atoms. The minimum absolute atomic E-state index is 0.0715. The molecule has 2 N–H and O–H groups in total. The number of fused-ring (bicyclic) bond motifs is 5. The number of hydrogen-bond donors (Lipinski definition) is 2. The molecule has 0 bridgehead atoms. The van der Waals surface area contributed by atoms with Crippen LogP contribution in [0.2, 0.25) is 0 Å². The summed E-state index contributed by atoms with van der Waals surface area (Å²) in [4.78, 5) is 19.2. The number of hydrogen-bond acceptors (Lipinski definition) is 2. The SMILES string of the molecule is CC(=O)Nc1ccc2[nH]c3c4ccccc4ncc3c2c1. The van der Waals surface area contributed by atoms with Gasteiger partial charge in [-0.05, 0) is 24.3 Å². The molecule has 4 heteroatoms. The number of aromatic amines is 1. The highest BCUT2D eigenvalue weighted by molar-refractivity contribution is 6.16.